The molecule has 2 rings (SSSR count). The number of carbonyl (C=O) groups is 2. The van der Waals surface area contributed by atoms with Gasteiger partial charge >= 0.3 is 5.97 Å². The van der Waals surface area contributed by atoms with E-state index in [1.165, 1.54) is 11.0 Å². The molecule has 0 saturated heterocycles. The minimum absolute atomic E-state index is 0.0426. The number of hydrogen-bond donors (Lipinski definition) is 1. The largest absolute Gasteiger partial charge is 0.480 e. The standard InChI is InChI=1S/C16H19BrFNO3/c1-9(7-11-3-6-14(18)13(17)8-11)15(20)19(12-4-5-12)10(2)16(21)22/h3,6,8-10,12H,4-5,7H2,1-2H3,(H,21,22). The van der Waals surface area contributed by atoms with Crippen LogP contribution in [0.1, 0.15) is 32.3 Å². The van der Waals surface area contributed by atoms with E-state index in [1.807, 2.05) is 0 Å². The summed E-state index contributed by atoms with van der Waals surface area (Å²) in [6.45, 7) is 3.32. The Hall–Kier alpha value is -1.43. The molecule has 0 aliphatic heterocycles. The number of halogens is 2. The minimum atomic E-state index is -0.989. The number of benzene rings is 1. The third-order valence-electron chi connectivity index (χ3n) is 3.92. The molecule has 1 N–H and O–H groups in total. The molecule has 0 bridgehead atoms. The van der Waals surface area contributed by atoms with Crippen molar-refractivity contribution in [3.8, 4) is 0 Å². The van der Waals surface area contributed by atoms with Crippen LogP contribution in [0.4, 0.5) is 4.39 Å². The highest BCUT2D eigenvalue weighted by molar-refractivity contribution is 9.10. The van der Waals surface area contributed by atoms with Crippen LogP contribution in [-0.2, 0) is 16.0 Å². The Balaban J connectivity index is 2.09. The van der Waals surface area contributed by atoms with E-state index in [4.69, 9.17) is 0 Å². The lowest BCUT2D eigenvalue weighted by Gasteiger charge is -2.29. The average Bonchev–Trinajstić information content (AvgIpc) is 3.27. The zero-order valence-electron chi connectivity index (χ0n) is 12.6. The van der Waals surface area contributed by atoms with Gasteiger partial charge in [-0.2, -0.15) is 0 Å². The molecule has 1 aromatic carbocycles. The third-order valence-corrected chi connectivity index (χ3v) is 4.52. The molecule has 2 unspecified atom stereocenters. The second kappa shape index (κ2) is 6.77. The number of rotatable bonds is 6. The van der Waals surface area contributed by atoms with Crippen LogP contribution >= 0.6 is 15.9 Å². The van der Waals surface area contributed by atoms with Gasteiger partial charge in [0, 0.05) is 12.0 Å². The van der Waals surface area contributed by atoms with Crippen molar-refractivity contribution in [3.05, 3.63) is 34.1 Å². The molecule has 1 aliphatic carbocycles. The van der Waals surface area contributed by atoms with Gasteiger partial charge in [-0.05, 0) is 59.8 Å². The third kappa shape index (κ3) is 3.85. The van der Waals surface area contributed by atoms with Crippen LogP contribution in [0, 0.1) is 11.7 Å². The Morgan fingerprint density at radius 3 is 2.55 bits per heavy atom. The lowest BCUT2D eigenvalue weighted by molar-refractivity contribution is -0.151. The second-order valence-corrected chi connectivity index (χ2v) is 6.70. The van der Waals surface area contributed by atoms with Crippen LogP contribution in [0.3, 0.4) is 0 Å². The summed E-state index contributed by atoms with van der Waals surface area (Å²) in [4.78, 5) is 25.3. The maximum Gasteiger partial charge on any atom is 0.326 e. The Bertz CT molecular complexity index is 589. The van der Waals surface area contributed by atoms with Crippen LogP contribution < -0.4 is 0 Å². The van der Waals surface area contributed by atoms with Gasteiger partial charge < -0.3 is 10.0 Å². The normalized spacial score (nSPS) is 16.9. The van der Waals surface area contributed by atoms with Crippen LogP contribution in [0.15, 0.2) is 22.7 Å². The van der Waals surface area contributed by atoms with Gasteiger partial charge in [0.05, 0.1) is 4.47 Å². The molecule has 0 spiro atoms. The van der Waals surface area contributed by atoms with Gasteiger partial charge in [0.1, 0.15) is 11.9 Å². The molecule has 4 nitrogen and oxygen atoms in total. The Morgan fingerprint density at radius 2 is 2.05 bits per heavy atom. The van der Waals surface area contributed by atoms with Gasteiger partial charge in [0.25, 0.3) is 0 Å². The maximum atomic E-state index is 13.2. The Kier molecular flexibility index (Phi) is 5.21. The first kappa shape index (κ1) is 16.9. The zero-order chi connectivity index (χ0) is 16.4. The van der Waals surface area contributed by atoms with E-state index in [-0.39, 0.29) is 23.7 Å². The summed E-state index contributed by atoms with van der Waals surface area (Å²) in [7, 11) is 0. The van der Waals surface area contributed by atoms with Crippen molar-refractivity contribution in [1.29, 1.82) is 0 Å². The molecule has 2 atom stereocenters. The fourth-order valence-electron chi connectivity index (χ4n) is 2.52. The highest BCUT2D eigenvalue weighted by Crippen LogP contribution is 2.31. The molecule has 1 saturated carbocycles. The molecule has 6 heteroatoms. The summed E-state index contributed by atoms with van der Waals surface area (Å²) in [5.74, 6) is -1.84. The number of amides is 1. The average molecular weight is 372 g/mol. The van der Waals surface area contributed by atoms with Gasteiger partial charge in [-0.15, -0.1) is 0 Å². The molecular formula is C16H19BrFNO3. The van der Waals surface area contributed by atoms with E-state index < -0.39 is 12.0 Å². The van der Waals surface area contributed by atoms with E-state index in [1.54, 1.807) is 26.0 Å². The summed E-state index contributed by atoms with van der Waals surface area (Å²) >= 11 is 3.13. The minimum Gasteiger partial charge on any atom is -0.480 e. The Labute approximate surface area is 137 Å². The quantitative estimate of drug-likeness (QED) is 0.834. The van der Waals surface area contributed by atoms with Gasteiger partial charge in [0.2, 0.25) is 5.91 Å². The lowest BCUT2D eigenvalue weighted by Crippen LogP contribution is -2.47. The SMILES string of the molecule is CC(Cc1ccc(F)c(Br)c1)C(=O)N(C1CC1)C(C)C(=O)O. The van der Waals surface area contributed by atoms with Crippen molar-refractivity contribution in [3.63, 3.8) is 0 Å². The van der Waals surface area contributed by atoms with Gasteiger partial charge in [-0.3, -0.25) is 4.79 Å². The molecule has 0 aromatic heterocycles. The number of hydrogen-bond acceptors (Lipinski definition) is 2. The number of aliphatic carboxylic acids is 1. The van der Waals surface area contributed by atoms with Crippen molar-refractivity contribution in [2.45, 2.75) is 45.2 Å². The van der Waals surface area contributed by atoms with Crippen molar-refractivity contribution in [1.82, 2.24) is 4.90 Å². The van der Waals surface area contributed by atoms with Crippen molar-refractivity contribution < 1.29 is 19.1 Å². The Morgan fingerprint density at radius 1 is 1.41 bits per heavy atom. The number of nitrogens with zero attached hydrogens (tertiary/aromatic N) is 1. The summed E-state index contributed by atoms with van der Waals surface area (Å²) in [6.07, 6.45) is 2.17. The van der Waals surface area contributed by atoms with Crippen LogP contribution in [0.2, 0.25) is 0 Å². The van der Waals surface area contributed by atoms with E-state index >= 15 is 0 Å². The summed E-state index contributed by atoms with van der Waals surface area (Å²) < 4.78 is 13.6. The molecule has 1 fully saturated rings. The highest BCUT2D eigenvalue weighted by Gasteiger charge is 2.39. The lowest BCUT2D eigenvalue weighted by atomic mass is 9.99. The van der Waals surface area contributed by atoms with Crippen molar-refractivity contribution in [2.75, 3.05) is 0 Å². The zero-order valence-corrected chi connectivity index (χ0v) is 14.1. The van der Waals surface area contributed by atoms with E-state index in [9.17, 15) is 19.1 Å². The molecule has 1 amide bonds. The van der Waals surface area contributed by atoms with Gasteiger partial charge in [0.15, 0.2) is 0 Å². The summed E-state index contributed by atoms with van der Waals surface area (Å²) in [6, 6.07) is 3.88. The maximum absolute atomic E-state index is 13.2. The monoisotopic (exact) mass is 371 g/mol. The summed E-state index contributed by atoms with van der Waals surface area (Å²) in [5.41, 5.74) is 0.841. The fourth-order valence-corrected chi connectivity index (χ4v) is 2.95. The summed E-state index contributed by atoms with van der Waals surface area (Å²) in [5, 5.41) is 9.17. The number of carbonyl (C=O) groups excluding carboxylic acids is 1. The first-order chi connectivity index (χ1) is 10.3. The van der Waals surface area contributed by atoms with Gasteiger partial charge in [-0.25, -0.2) is 9.18 Å². The van der Waals surface area contributed by atoms with Gasteiger partial charge in [-0.1, -0.05) is 13.0 Å². The first-order valence-electron chi connectivity index (χ1n) is 7.30. The molecular weight excluding hydrogens is 353 g/mol. The van der Waals surface area contributed by atoms with Crippen molar-refractivity contribution >= 4 is 27.8 Å². The molecule has 0 radical (unpaired) electrons. The van der Waals surface area contributed by atoms with E-state index in [0.717, 1.165) is 18.4 Å². The predicted molar refractivity (Wildman–Crippen MR) is 83.9 cm³/mol. The van der Waals surface area contributed by atoms with Crippen molar-refractivity contribution in [2.24, 2.45) is 5.92 Å². The highest BCUT2D eigenvalue weighted by atomic mass is 79.9. The number of carboxylic acid groups (broad SMARTS) is 1. The molecule has 0 heterocycles. The molecule has 1 aromatic rings. The van der Waals surface area contributed by atoms with Crippen LogP contribution in [-0.4, -0.2) is 34.0 Å². The van der Waals surface area contributed by atoms with Crippen LogP contribution in [0.5, 0.6) is 0 Å². The van der Waals surface area contributed by atoms with E-state index in [2.05, 4.69) is 15.9 Å². The second-order valence-electron chi connectivity index (χ2n) is 5.84. The molecule has 1 aliphatic rings. The fraction of sp³-hybridized carbons (Fsp3) is 0.500. The molecule has 120 valence electrons. The topological polar surface area (TPSA) is 57.6 Å². The number of carboxylic acids is 1. The van der Waals surface area contributed by atoms with E-state index in [0.29, 0.717) is 10.9 Å². The smallest absolute Gasteiger partial charge is 0.326 e. The molecule has 22 heavy (non-hydrogen) atoms. The predicted octanol–water partition coefficient (Wildman–Crippen LogP) is 3.23. The van der Waals surface area contributed by atoms with Crippen LogP contribution in [0.25, 0.3) is 0 Å². The first-order valence-corrected chi connectivity index (χ1v) is 8.09.